The van der Waals surface area contributed by atoms with Gasteiger partial charge in [-0.2, -0.15) is 10.5 Å². The van der Waals surface area contributed by atoms with Gasteiger partial charge in [-0.1, -0.05) is 19.1 Å². The summed E-state index contributed by atoms with van der Waals surface area (Å²) in [5.74, 6) is -0.0210. The van der Waals surface area contributed by atoms with Crippen molar-refractivity contribution in [1.29, 1.82) is 10.5 Å². The van der Waals surface area contributed by atoms with E-state index in [9.17, 15) is 18.9 Å². The lowest BCUT2D eigenvalue weighted by atomic mass is 10.0. The van der Waals surface area contributed by atoms with E-state index in [1.54, 1.807) is 24.3 Å². The number of benzene rings is 1. The van der Waals surface area contributed by atoms with Gasteiger partial charge in [-0.05, 0) is 17.7 Å². The van der Waals surface area contributed by atoms with Crippen LogP contribution in [-0.4, -0.2) is 26.5 Å². The molecule has 0 N–H and O–H groups in total. The van der Waals surface area contributed by atoms with Crippen LogP contribution >= 0.6 is 0 Å². The summed E-state index contributed by atoms with van der Waals surface area (Å²) in [7, 11) is -1.91. The van der Waals surface area contributed by atoms with Gasteiger partial charge < -0.3 is 4.74 Å². The van der Waals surface area contributed by atoms with Crippen molar-refractivity contribution in [3.05, 3.63) is 29.8 Å². The van der Waals surface area contributed by atoms with Crippen LogP contribution in [0, 0.1) is 28.1 Å². The lowest BCUT2D eigenvalue weighted by Gasteiger charge is -2.02. The predicted molar refractivity (Wildman–Crippen MR) is 72.6 cm³/mol. The van der Waals surface area contributed by atoms with E-state index < -0.39 is 26.4 Å². The minimum atomic E-state index is -3.45. The zero-order chi connectivity index (χ0) is 15.0. The lowest BCUT2D eigenvalue weighted by molar-refractivity contribution is 0.414. The Bertz CT molecular complexity index is 681. The van der Waals surface area contributed by atoms with Crippen LogP contribution in [0.15, 0.2) is 24.3 Å². The van der Waals surface area contributed by atoms with Gasteiger partial charge in [0, 0.05) is 11.7 Å². The Labute approximate surface area is 118 Å². The average Bonchev–Trinajstić information content (AvgIpc) is 3.18. The summed E-state index contributed by atoms with van der Waals surface area (Å²) in [6.07, 6.45) is 0. The highest BCUT2D eigenvalue weighted by molar-refractivity contribution is 7.92. The summed E-state index contributed by atoms with van der Waals surface area (Å²) in [6.45, 7) is 1.53. The second-order valence-electron chi connectivity index (χ2n) is 4.72. The maximum atomic E-state index is 12.1. The smallest absolute Gasteiger partial charge is 0.169 e. The normalized spacial score (nSPS) is 23.4. The second kappa shape index (κ2) is 4.81. The zero-order valence-corrected chi connectivity index (χ0v) is 12.0. The van der Waals surface area contributed by atoms with Crippen LogP contribution in [0.5, 0.6) is 5.75 Å². The van der Waals surface area contributed by atoms with E-state index in [-0.39, 0.29) is 5.75 Å². The summed E-state index contributed by atoms with van der Waals surface area (Å²) in [5, 5.41) is 17.6. The molecule has 6 heteroatoms. The number of nitriles is 2. The fourth-order valence-corrected chi connectivity index (χ4v) is 4.45. The van der Waals surface area contributed by atoms with Crippen molar-refractivity contribution in [2.24, 2.45) is 5.41 Å². The van der Waals surface area contributed by atoms with E-state index in [2.05, 4.69) is 0 Å². The molecule has 2 rings (SSSR count). The Morgan fingerprint density at radius 1 is 1.25 bits per heavy atom. The number of sulfone groups is 1. The highest BCUT2D eigenvalue weighted by atomic mass is 32.2. The van der Waals surface area contributed by atoms with Gasteiger partial charge in [0.15, 0.2) is 15.3 Å². The van der Waals surface area contributed by atoms with Gasteiger partial charge in [0.1, 0.15) is 11.0 Å². The first-order chi connectivity index (χ1) is 9.46. The molecule has 0 unspecified atom stereocenters. The molecule has 1 aliphatic carbocycles. The molecule has 1 aromatic rings. The predicted octanol–water partition coefficient (Wildman–Crippen LogP) is 1.63. The Kier molecular flexibility index (Phi) is 3.45. The molecule has 0 aliphatic heterocycles. The quantitative estimate of drug-likeness (QED) is 0.840. The fraction of sp³-hybridized carbons (Fsp3) is 0.429. The second-order valence-corrected chi connectivity index (χ2v) is 7.13. The van der Waals surface area contributed by atoms with Crippen molar-refractivity contribution in [3.8, 4) is 17.9 Å². The van der Waals surface area contributed by atoms with Gasteiger partial charge >= 0.3 is 0 Å². The molecular formula is C14H14N2O3S. The SMILES string of the molecule is CCS(=O)(=O)[C@H]1[C@@H](c2ccc(OC)cc2)C1(C#N)C#N. The number of hydrogen-bond donors (Lipinski definition) is 0. The third kappa shape index (κ3) is 1.93. The minimum Gasteiger partial charge on any atom is -0.497 e. The Hall–Kier alpha value is -2.05. The first-order valence-electron chi connectivity index (χ1n) is 6.15. The molecule has 0 bridgehead atoms. The molecule has 0 aromatic heterocycles. The highest BCUT2D eigenvalue weighted by Gasteiger charge is 2.72. The van der Waals surface area contributed by atoms with Crippen molar-refractivity contribution in [2.75, 3.05) is 12.9 Å². The summed E-state index contributed by atoms with van der Waals surface area (Å²) in [4.78, 5) is 0. The molecule has 0 spiro atoms. The Morgan fingerprint density at radius 3 is 2.20 bits per heavy atom. The van der Waals surface area contributed by atoms with Crippen molar-refractivity contribution in [1.82, 2.24) is 0 Å². The molecule has 1 fully saturated rings. The van der Waals surface area contributed by atoms with Crippen LogP contribution in [0.3, 0.4) is 0 Å². The molecular weight excluding hydrogens is 276 g/mol. The monoisotopic (exact) mass is 290 g/mol. The van der Waals surface area contributed by atoms with E-state index in [1.807, 2.05) is 12.1 Å². The van der Waals surface area contributed by atoms with Gasteiger partial charge in [0.05, 0.1) is 19.2 Å². The Morgan fingerprint density at radius 2 is 1.80 bits per heavy atom. The topological polar surface area (TPSA) is 90.9 Å². The number of hydrogen-bond acceptors (Lipinski definition) is 5. The lowest BCUT2D eigenvalue weighted by Crippen LogP contribution is -2.15. The van der Waals surface area contributed by atoms with Crippen molar-refractivity contribution < 1.29 is 13.2 Å². The molecule has 0 saturated heterocycles. The van der Waals surface area contributed by atoms with E-state index in [1.165, 1.54) is 14.0 Å². The first-order valence-corrected chi connectivity index (χ1v) is 7.86. The number of ether oxygens (including phenoxy) is 1. The van der Waals surface area contributed by atoms with E-state index >= 15 is 0 Å². The van der Waals surface area contributed by atoms with E-state index in [0.29, 0.717) is 11.3 Å². The molecule has 0 radical (unpaired) electrons. The standard InChI is InChI=1S/C14H14N2O3S/c1-3-20(17,18)13-12(14(13,8-15)9-16)10-4-6-11(19-2)7-5-10/h4-7,12-13H,3H2,1-2H3/t12-,13+/m1/s1. The maximum absolute atomic E-state index is 12.1. The largest absolute Gasteiger partial charge is 0.497 e. The molecule has 1 aliphatic rings. The number of nitrogens with zero attached hydrogens (tertiary/aromatic N) is 2. The third-order valence-corrected chi connectivity index (χ3v) is 5.99. The van der Waals surface area contributed by atoms with Gasteiger partial charge in [-0.15, -0.1) is 0 Å². The molecule has 1 saturated carbocycles. The van der Waals surface area contributed by atoms with Gasteiger partial charge in [0.25, 0.3) is 0 Å². The van der Waals surface area contributed by atoms with Gasteiger partial charge in [-0.25, -0.2) is 8.42 Å². The summed E-state index contributed by atoms with van der Waals surface area (Å²) in [6, 6.07) is 10.6. The van der Waals surface area contributed by atoms with Crippen molar-refractivity contribution in [2.45, 2.75) is 18.1 Å². The molecule has 5 nitrogen and oxygen atoms in total. The van der Waals surface area contributed by atoms with Crippen LogP contribution in [-0.2, 0) is 9.84 Å². The van der Waals surface area contributed by atoms with E-state index in [4.69, 9.17) is 4.74 Å². The van der Waals surface area contributed by atoms with Gasteiger partial charge in [-0.3, -0.25) is 0 Å². The molecule has 104 valence electrons. The van der Waals surface area contributed by atoms with Crippen LogP contribution < -0.4 is 4.74 Å². The molecule has 20 heavy (non-hydrogen) atoms. The molecule has 2 atom stereocenters. The fourth-order valence-electron chi connectivity index (χ4n) is 2.57. The van der Waals surface area contributed by atoms with Crippen LogP contribution in [0.25, 0.3) is 0 Å². The maximum Gasteiger partial charge on any atom is 0.169 e. The Balaban J connectivity index is 2.45. The molecule has 0 heterocycles. The number of rotatable bonds is 4. The third-order valence-electron chi connectivity index (χ3n) is 3.77. The van der Waals surface area contributed by atoms with Crippen molar-refractivity contribution in [3.63, 3.8) is 0 Å². The van der Waals surface area contributed by atoms with Crippen LogP contribution in [0.2, 0.25) is 0 Å². The summed E-state index contributed by atoms with van der Waals surface area (Å²) < 4.78 is 29.2. The minimum absolute atomic E-state index is 0.0740. The first kappa shape index (κ1) is 14.4. The summed E-state index contributed by atoms with van der Waals surface area (Å²) >= 11 is 0. The number of methoxy groups -OCH3 is 1. The summed E-state index contributed by atoms with van der Waals surface area (Å²) in [5.41, 5.74) is -0.792. The highest BCUT2D eigenvalue weighted by Crippen LogP contribution is 2.62. The van der Waals surface area contributed by atoms with Crippen molar-refractivity contribution >= 4 is 9.84 Å². The molecule has 0 amide bonds. The van der Waals surface area contributed by atoms with E-state index in [0.717, 1.165) is 0 Å². The van der Waals surface area contributed by atoms with Gasteiger partial charge in [0.2, 0.25) is 0 Å². The van der Waals surface area contributed by atoms with Crippen LogP contribution in [0.4, 0.5) is 0 Å². The van der Waals surface area contributed by atoms with Crippen LogP contribution in [0.1, 0.15) is 18.4 Å². The zero-order valence-electron chi connectivity index (χ0n) is 11.2. The molecule has 1 aromatic carbocycles. The average molecular weight is 290 g/mol.